The van der Waals surface area contributed by atoms with E-state index in [0.29, 0.717) is 23.2 Å². The van der Waals surface area contributed by atoms with Crippen molar-refractivity contribution in [2.45, 2.75) is 59.5 Å². The quantitative estimate of drug-likeness (QED) is 0.414. The molecule has 0 spiro atoms. The zero-order valence-electron chi connectivity index (χ0n) is 21.9. The number of terminal acetylenes is 1. The average molecular weight is 500 g/mol. The second kappa shape index (κ2) is 11.7. The molecule has 37 heavy (non-hydrogen) atoms. The number of aliphatic carboxylic acids is 1. The molecule has 2 N–H and O–H groups in total. The van der Waals surface area contributed by atoms with Crippen LogP contribution in [-0.4, -0.2) is 26.5 Å². The van der Waals surface area contributed by atoms with Crippen molar-refractivity contribution in [3.05, 3.63) is 87.1 Å². The molecule has 192 valence electrons. The van der Waals surface area contributed by atoms with Crippen molar-refractivity contribution >= 4 is 11.9 Å². The Morgan fingerprint density at radius 1 is 1.14 bits per heavy atom. The Morgan fingerprint density at radius 3 is 2.38 bits per heavy atom. The molecule has 2 aromatic heterocycles. The van der Waals surface area contributed by atoms with Crippen molar-refractivity contribution in [3.63, 3.8) is 0 Å². The maximum absolute atomic E-state index is 13.6. The minimum absolute atomic E-state index is 0.120. The smallest absolute Gasteiger partial charge is 0.305 e. The Balaban J connectivity index is 2.06. The van der Waals surface area contributed by atoms with Crippen molar-refractivity contribution in [2.24, 2.45) is 5.92 Å². The molecular weight excluding hydrogens is 466 g/mol. The molecule has 0 aliphatic rings. The van der Waals surface area contributed by atoms with Gasteiger partial charge in [0.25, 0.3) is 5.56 Å². The van der Waals surface area contributed by atoms with Crippen LogP contribution in [0.25, 0.3) is 11.1 Å². The Hall–Kier alpha value is -4.18. The number of aryl methyl sites for hydroxylation is 3. The number of pyridine rings is 2. The Morgan fingerprint density at radius 2 is 1.81 bits per heavy atom. The average Bonchev–Trinajstić information content (AvgIpc) is 2.82. The van der Waals surface area contributed by atoms with E-state index in [0.717, 1.165) is 22.3 Å². The summed E-state index contributed by atoms with van der Waals surface area (Å²) in [7, 11) is 0. The third-order valence-corrected chi connectivity index (χ3v) is 6.33. The van der Waals surface area contributed by atoms with Crippen LogP contribution in [0.15, 0.2) is 53.6 Å². The van der Waals surface area contributed by atoms with E-state index in [-0.39, 0.29) is 17.9 Å². The number of hydrogen-bond acceptors (Lipinski definition) is 4. The fourth-order valence-electron chi connectivity index (χ4n) is 4.55. The number of carboxylic acid groups (broad SMARTS) is 1. The number of carbonyl (C=O) groups is 2. The van der Waals surface area contributed by atoms with Crippen LogP contribution in [0.2, 0.25) is 0 Å². The van der Waals surface area contributed by atoms with Crippen molar-refractivity contribution in [2.75, 3.05) is 0 Å². The first kappa shape index (κ1) is 27.4. The second-order valence-corrected chi connectivity index (χ2v) is 9.83. The highest BCUT2D eigenvalue weighted by molar-refractivity contribution is 5.82. The molecule has 0 fully saturated rings. The molecule has 0 saturated heterocycles. The van der Waals surface area contributed by atoms with Gasteiger partial charge in [-0.2, -0.15) is 0 Å². The largest absolute Gasteiger partial charge is 0.481 e. The highest BCUT2D eigenvalue weighted by Gasteiger charge is 2.27. The zero-order valence-corrected chi connectivity index (χ0v) is 21.9. The van der Waals surface area contributed by atoms with Crippen LogP contribution >= 0.6 is 0 Å². The number of aromatic nitrogens is 2. The third-order valence-electron chi connectivity index (χ3n) is 6.33. The first-order chi connectivity index (χ1) is 17.5. The number of nitrogens with one attached hydrogen (secondary N) is 1. The molecule has 0 aliphatic carbocycles. The predicted molar refractivity (Wildman–Crippen MR) is 144 cm³/mol. The van der Waals surface area contributed by atoms with E-state index in [2.05, 4.69) is 16.2 Å². The van der Waals surface area contributed by atoms with Gasteiger partial charge in [-0.25, -0.2) is 4.98 Å². The monoisotopic (exact) mass is 499 g/mol. The van der Waals surface area contributed by atoms with Gasteiger partial charge in [-0.1, -0.05) is 32.0 Å². The first-order valence-electron chi connectivity index (χ1n) is 12.3. The lowest BCUT2D eigenvalue weighted by atomic mass is 9.92. The predicted octanol–water partition coefficient (Wildman–Crippen LogP) is 4.74. The molecular formula is C30H33N3O4. The zero-order chi connectivity index (χ0) is 27.3. The van der Waals surface area contributed by atoms with E-state index in [1.54, 1.807) is 18.3 Å². The van der Waals surface area contributed by atoms with E-state index in [1.807, 2.05) is 52.8 Å². The van der Waals surface area contributed by atoms with Gasteiger partial charge in [-0.05, 0) is 79.0 Å². The minimum atomic E-state index is -1.08. The molecule has 7 nitrogen and oxygen atoms in total. The lowest BCUT2D eigenvalue weighted by Gasteiger charge is -2.25. The molecule has 2 heterocycles. The number of hydrogen-bond donors (Lipinski definition) is 2. The summed E-state index contributed by atoms with van der Waals surface area (Å²) in [6.07, 6.45) is 8.92. The number of carbonyl (C=O) groups excluding carboxylic acids is 1. The van der Waals surface area contributed by atoms with Gasteiger partial charge in [0.2, 0.25) is 5.91 Å². The number of benzene rings is 1. The van der Waals surface area contributed by atoms with Crippen LogP contribution in [0.1, 0.15) is 66.7 Å². The van der Waals surface area contributed by atoms with E-state index < -0.39 is 24.0 Å². The highest BCUT2D eigenvalue weighted by Crippen LogP contribution is 2.32. The molecule has 0 bridgehead atoms. The van der Waals surface area contributed by atoms with Crippen LogP contribution in [0.3, 0.4) is 0 Å². The van der Waals surface area contributed by atoms with Crippen LogP contribution in [0.4, 0.5) is 0 Å². The fraction of sp³-hybridized carbons (Fsp3) is 0.333. The molecule has 3 aromatic rings. The molecule has 3 rings (SSSR count). The summed E-state index contributed by atoms with van der Waals surface area (Å²) >= 11 is 0. The van der Waals surface area contributed by atoms with Crippen molar-refractivity contribution in [1.82, 2.24) is 14.9 Å². The van der Waals surface area contributed by atoms with E-state index >= 15 is 0 Å². The van der Waals surface area contributed by atoms with Crippen LogP contribution in [0.5, 0.6) is 0 Å². The van der Waals surface area contributed by atoms with Gasteiger partial charge in [-0.3, -0.25) is 14.4 Å². The normalized spacial score (nSPS) is 12.6. The maximum Gasteiger partial charge on any atom is 0.305 e. The van der Waals surface area contributed by atoms with Crippen LogP contribution in [0, 0.1) is 39.0 Å². The Labute approximate surface area is 217 Å². The summed E-state index contributed by atoms with van der Waals surface area (Å²) < 4.78 is 1.40. The molecule has 2 atom stereocenters. The first-order valence-corrected chi connectivity index (χ1v) is 12.3. The second-order valence-electron chi connectivity index (χ2n) is 9.83. The van der Waals surface area contributed by atoms with Crippen molar-refractivity contribution < 1.29 is 14.7 Å². The summed E-state index contributed by atoms with van der Waals surface area (Å²) in [6.45, 7) is 9.69. The van der Waals surface area contributed by atoms with E-state index in [9.17, 15) is 19.5 Å². The lowest BCUT2D eigenvalue weighted by Crippen LogP contribution is -2.40. The summed E-state index contributed by atoms with van der Waals surface area (Å²) in [5.74, 6) is 1.23. The summed E-state index contributed by atoms with van der Waals surface area (Å²) in [5, 5.41) is 12.5. The van der Waals surface area contributed by atoms with Gasteiger partial charge < -0.3 is 15.0 Å². The van der Waals surface area contributed by atoms with Gasteiger partial charge >= 0.3 is 5.97 Å². The summed E-state index contributed by atoms with van der Waals surface area (Å²) in [5.41, 5.74) is 5.11. The Bertz CT molecular complexity index is 1390. The number of carboxylic acids is 1. The molecule has 0 saturated carbocycles. The molecule has 1 amide bonds. The standard InChI is InChI=1S/C30H33N3O4/c1-7-24-23(29-20(5)9-8-10-21(29)6)15-22(17-31-24)25(16-28(35)36)32-30(37)26(13-18(2)3)33-12-11-19(4)14-27(33)34/h1,8-12,14-15,17-18,25-26H,13,16H2,2-6H3,(H,32,37)(H,35,36). The van der Waals surface area contributed by atoms with Crippen LogP contribution in [-0.2, 0) is 9.59 Å². The van der Waals surface area contributed by atoms with Gasteiger partial charge in [-0.15, -0.1) is 6.42 Å². The van der Waals surface area contributed by atoms with Gasteiger partial charge in [0.1, 0.15) is 11.7 Å². The van der Waals surface area contributed by atoms with E-state index in [4.69, 9.17) is 6.42 Å². The summed E-state index contributed by atoms with van der Waals surface area (Å²) in [4.78, 5) is 42.5. The number of amides is 1. The number of rotatable bonds is 9. The lowest BCUT2D eigenvalue weighted by molar-refractivity contribution is -0.138. The molecule has 7 heteroatoms. The van der Waals surface area contributed by atoms with Crippen LogP contribution < -0.4 is 10.9 Å². The summed E-state index contributed by atoms with van der Waals surface area (Å²) in [6, 6.07) is 9.30. The third kappa shape index (κ3) is 6.53. The SMILES string of the molecule is C#Cc1ncc(C(CC(=O)O)NC(=O)C(CC(C)C)n2ccc(C)cc2=O)cc1-c1c(C)cccc1C. The van der Waals surface area contributed by atoms with Crippen molar-refractivity contribution in [3.8, 4) is 23.5 Å². The maximum atomic E-state index is 13.6. The molecule has 0 radical (unpaired) electrons. The van der Waals surface area contributed by atoms with Gasteiger partial charge in [0.05, 0.1) is 12.5 Å². The van der Waals surface area contributed by atoms with Gasteiger partial charge in [0.15, 0.2) is 0 Å². The minimum Gasteiger partial charge on any atom is -0.481 e. The Kier molecular flexibility index (Phi) is 8.67. The molecule has 0 aliphatic heterocycles. The highest BCUT2D eigenvalue weighted by atomic mass is 16.4. The topological polar surface area (TPSA) is 101 Å². The molecule has 2 unspecified atom stereocenters. The number of nitrogens with zero attached hydrogens (tertiary/aromatic N) is 2. The van der Waals surface area contributed by atoms with Gasteiger partial charge in [0, 0.05) is 24.0 Å². The van der Waals surface area contributed by atoms with Crippen molar-refractivity contribution in [1.29, 1.82) is 0 Å². The fourth-order valence-corrected chi connectivity index (χ4v) is 4.55. The van der Waals surface area contributed by atoms with E-state index in [1.165, 1.54) is 16.8 Å². The molecule has 1 aromatic carbocycles.